The van der Waals surface area contributed by atoms with E-state index in [1.54, 1.807) is 54.3 Å². The van der Waals surface area contributed by atoms with Crippen molar-refractivity contribution < 1.29 is 4.79 Å². The molecular weight excluding hydrogens is 264 g/mol. The lowest BCUT2D eigenvalue weighted by atomic mass is 10.2. The third-order valence-electron chi connectivity index (χ3n) is 2.86. The van der Waals surface area contributed by atoms with Crippen molar-refractivity contribution in [1.82, 2.24) is 14.5 Å². The average molecular weight is 279 g/mol. The van der Waals surface area contributed by atoms with Gasteiger partial charge in [-0.2, -0.15) is 0 Å². The van der Waals surface area contributed by atoms with Crippen LogP contribution in [0.3, 0.4) is 0 Å². The molecule has 0 spiro atoms. The van der Waals surface area contributed by atoms with E-state index in [0.717, 1.165) is 5.56 Å². The Morgan fingerprint density at radius 1 is 1.53 bits per heavy atom. The summed E-state index contributed by atoms with van der Waals surface area (Å²) >= 11 is 6.09. The van der Waals surface area contributed by atoms with Gasteiger partial charge in [0.2, 0.25) is 0 Å². The highest BCUT2D eigenvalue weighted by Gasteiger charge is 2.16. The summed E-state index contributed by atoms with van der Waals surface area (Å²) in [5.41, 5.74) is 7.70. The molecule has 19 heavy (non-hydrogen) atoms. The smallest absolute Gasteiger partial charge is 0.272 e. The van der Waals surface area contributed by atoms with Gasteiger partial charge in [0.05, 0.1) is 12.5 Å². The number of anilines is 1. The first-order valence-electron chi connectivity index (χ1n) is 5.74. The molecule has 2 N–H and O–H groups in total. The van der Waals surface area contributed by atoms with E-state index >= 15 is 0 Å². The quantitative estimate of drug-likeness (QED) is 0.873. The second kappa shape index (κ2) is 5.32. The SMILES string of the molecule is CN(Cc1cc(N)ccc1Cl)C(=O)c1cncn1C. The van der Waals surface area contributed by atoms with E-state index in [1.807, 2.05) is 0 Å². The number of nitrogens with two attached hydrogens (primary N) is 1. The van der Waals surface area contributed by atoms with Crippen molar-refractivity contribution in [2.75, 3.05) is 12.8 Å². The van der Waals surface area contributed by atoms with Crippen molar-refractivity contribution in [2.45, 2.75) is 6.54 Å². The molecule has 1 heterocycles. The minimum Gasteiger partial charge on any atom is -0.399 e. The molecule has 5 nitrogen and oxygen atoms in total. The molecule has 0 unspecified atom stereocenters. The van der Waals surface area contributed by atoms with Gasteiger partial charge in [-0.15, -0.1) is 0 Å². The number of benzene rings is 1. The maximum Gasteiger partial charge on any atom is 0.272 e. The molecule has 0 aliphatic rings. The van der Waals surface area contributed by atoms with E-state index in [2.05, 4.69) is 4.98 Å². The highest BCUT2D eigenvalue weighted by molar-refractivity contribution is 6.31. The number of amides is 1. The van der Waals surface area contributed by atoms with Crippen LogP contribution in [-0.2, 0) is 13.6 Å². The van der Waals surface area contributed by atoms with Crippen LogP contribution in [-0.4, -0.2) is 27.4 Å². The molecule has 6 heteroatoms. The van der Waals surface area contributed by atoms with E-state index in [4.69, 9.17) is 17.3 Å². The lowest BCUT2D eigenvalue weighted by Crippen LogP contribution is -2.27. The molecule has 0 radical (unpaired) electrons. The van der Waals surface area contributed by atoms with Gasteiger partial charge < -0.3 is 15.2 Å². The van der Waals surface area contributed by atoms with E-state index in [9.17, 15) is 4.79 Å². The van der Waals surface area contributed by atoms with E-state index < -0.39 is 0 Å². The van der Waals surface area contributed by atoms with Gasteiger partial charge in [-0.3, -0.25) is 4.79 Å². The van der Waals surface area contributed by atoms with E-state index in [1.165, 1.54) is 0 Å². The molecule has 0 aliphatic carbocycles. The van der Waals surface area contributed by atoms with Crippen molar-refractivity contribution in [3.05, 3.63) is 47.0 Å². The minimum atomic E-state index is -0.113. The third kappa shape index (κ3) is 2.88. The molecule has 0 saturated carbocycles. The molecule has 0 fully saturated rings. The van der Waals surface area contributed by atoms with Crippen molar-refractivity contribution in [3.8, 4) is 0 Å². The maximum absolute atomic E-state index is 12.2. The fourth-order valence-electron chi connectivity index (χ4n) is 1.80. The first kappa shape index (κ1) is 13.4. The third-order valence-corrected chi connectivity index (χ3v) is 3.23. The summed E-state index contributed by atoms with van der Waals surface area (Å²) in [6.45, 7) is 0.397. The van der Waals surface area contributed by atoms with Gasteiger partial charge in [0.1, 0.15) is 5.69 Å². The highest BCUT2D eigenvalue weighted by Crippen LogP contribution is 2.20. The molecule has 0 saturated heterocycles. The number of carbonyl (C=O) groups excluding carboxylic acids is 1. The highest BCUT2D eigenvalue weighted by atomic mass is 35.5. The van der Waals surface area contributed by atoms with Crippen LogP contribution in [0.15, 0.2) is 30.7 Å². The first-order valence-corrected chi connectivity index (χ1v) is 6.12. The van der Waals surface area contributed by atoms with Gasteiger partial charge >= 0.3 is 0 Å². The molecule has 1 amide bonds. The molecule has 2 rings (SSSR count). The zero-order valence-corrected chi connectivity index (χ0v) is 11.6. The number of rotatable bonds is 3. The monoisotopic (exact) mass is 278 g/mol. The number of hydrogen-bond acceptors (Lipinski definition) is 3. The Kier molecular flexibility index (Phi) is 3.76. The van der Waals surface area contributed by atoms with Crippen LogP contribution >= 0.6 is 11.6 Å². The summed E-state index contributed by atoms with van der Waals surface area (Å²) in [5.74, 6) is -0.113. The van der Waals surface area contributed by atoms with Crippen molar-refractivity contribution in [2.24, 2.45) is 7.05 Å². The minimum absolute atomic E-state index is 0.113. The first-order chi connectivity index (χ1) is 8.99. The number of carbonyl (C=O) groups is 1. The molecule has 0 aliphatic heterocycles. The maximum atomic E-state index is 12.2. The zero-order chi connectivity index (χ0) is 14.0. The number of nitrogens with zero attached hydrogens (tertiary/aromatic N) is 3. The summed E-state index contributed by atoms with van der Waals surface area (Å²) in [6, 6.07) is 5.23. The predicted molar refractivity (Wildman–Crippen MR) is 74.9 cm³/mol. The lowest BCUT2D eigenvalue weighted by molar-refractivity contribution is 0.0775. The van der Waals surface area contributed by atoms with Crippen LogP contribution in [0.4, 0.5) is 5.69 Å². The summed E-state index contributed by atoms with van der Waals surface area (Å²) in [4.78, 5) is 17.7. The van der Waals surface area contributed by atoms with Gasteiger partial charge in [0.25, 0.3) is 5.91 Å². The summed E-state index contributed by atoms with van der Waals surface area (Å²) in [6.07, 6.45) is 3.13. The van der Waals surface area contributed by atoms with Gasteiger partial charge in [0.15, 0.2) is 0 Å². The molecule has 0 atom stereocenters. The van der Waals surface area contributed by atoms with Crippen LogP contribution in [0.25, 0.3) is 0 Å². The molecule has 100 valence electrons. The number of nitrogen functional groups attached to an aromatic ring is 1. The van der Waals surface area contributed by atoms with Gasteiger partial charge in [-0.25, -0.2) is 4.98 Å². The van der Waals surface area contributed by atoms with Crippen LogP contribution in [0.1, 0.15) is 16.1 Å². The summed E-state index contributed by atoms with van der Waals surface area (Å²) in [7, 11) is 3.50. The Hall–Kier alpha value is -2.01. The number of hydrogen-bond donors (Lipinski definition) is 1. The fraction of sp³-hybridized carbons (Fsp3) is 0.231. The number of aryl methyl sites for hydroxylation is 1. The molecular formula is C13H15ClN4O. The topological polar surface area (TPSA) is 64.2 Å². The van der Waals surface area contributed by atoms with E-state index in [0.29, 0.717) is 22.9 Å². The Bertz CT molecular complexity index is 608. The van der Waals surface area contributed by atoms with E-state index in [-0.39, 0.29) is 5.91 Å². The van der Waals surface area contributed by atoms with Crippen LogP contribution in [0.2, 0.25) is 5.02 Å². The fourth-order valence-corrected chi connectivity index (χ4v) is 1.98. The van der Waals surface area contributed by atoms with Crippen LogP contribution in [0, 0.1) is 0 Å². The molecule has 1 aromatic carbocycles. The molecule has 0 bridgehead atoms. The Morgan fingerprint density at radius 2 is 2.26 bits per heavy atom. The Labute approximate surface area is 116 Å². The number of aromatic nitrogens is 2. The van der Waals surface area contributed by atoms with Crippen molar-refractivity contribution >= 4 is 23.2 Å². The molecule has 1 aromatic heterocycles. The lowest BCUT2D eigenvalue weighted by Gasteiger charge is -2.18. The Balaban J connectivity index is 2.17. The zero-order valence-electron chi connectivity index (χ0n) is 10.8. The second-order valence-corrected chi connectivity index (χ2v) is 4.81. The largest absolute Gasteiger partial charge is 0.399 e. The van der Waals surface area contributed by atoms with Gasteiger partial charge in [0, 0.05) is 31.4 Å². The second-order valence-electron chi connectivity index (χ2n) is 4.40. The Morgan fingerprint density at radius 3 is 2.89 bits per heavy atom. The number of imidazole rings is 1. The van der Waals surface area contributed by atoms with Crippen molar-refractivity contribution in [1.29, 1.82) is 0 Å². The average Bonchev–Trinajstić information content (AvgIpc) is 2.79. The van der Waals surface area contributed by atoms with Crippen molar-refractivity contribution in [3.63, 3.8) is 0 Å². The van der Waals surface area contributed by atoms with Gasteiger partial charge in [-0.1, -0.05) is 11.6 Å². The van der Waals surface area contributed by atoms with Crippen LogP contribution in [0.5, 0.6) is 0 Å². The normalized spacial score (nSPS) is 10.5. The summed E-state index contributed by atoms with van der Waals surface area (Å²) in [5, 5.41) is 0.596. The standard InChI is InChI=1S/C13H15ClN4O/c1-17(13(19)12-6-16-8-18(12)2)7-9-5-10(15)3-4-11(9)14/h3-6,8H,7,15H2,1-2H3. The van der Waals surface area contributed by atoms with Gasteiger partial charge in [-0.05, 0) is 23.8 Å². The summed E-state index contributed by atoms with van der Waals surface area (Å²) < 4.78 is 1.68. The van der Waals surface area contributed by atoms with Crippen LogP contribution < -0.4 is 5.73 Å². The number of halogens is 1. The predicted octanol–water partition coefficient (Wildman–Crippen LogP) is 1.93. The molecule has 2 aromatic rings.